The fourth-order valence-corrected chi connectivity index (χ4v) is 1.12. The smallest absolute Gasteiger partial charge is 0.314 e. The first kappa shape index (κ1) is 9.18. The third-order valence-electron chi connectivity index (χ3n) is 1.68. The Morgan fingerprint density at radius 3 is 2.31 bits per heavy atom. The number of rotatable bonds is 2. The highest BCUT2D eigenvalue weighted by Crippen LogP contribution is 2.00. The van der Waals surface area contributed by atoms with Gasteiger partial charge in [-0.05, 0) is 6.07 Å². The summed E-state index contributed by atoms with van der Waals surface area (Å²) in [7, 11) is 1.62. The molecule has 0 saturated carbocycles. The predicted molar refractivity (Wildman–Crippen MR) is 44.7 cm³/mol. The summed E-state index contributed by atoms with van der Waals surface area (Å²) in [5, 5.41) is 0. The molecular formula is C8H10N3O2+. The van der Waals surface area contributed by atoms with Gasteiger partial charge in [-0.2, -0.15) is 4.57 Å². The minimum atomic E-state index is -0.670. The summed E-state index contributed by atoms with van der Waals surface area (Å²) in [6.07, 6.45) is 1.62. The van der Waals surface area contributed by atoms with Crippen LogP contribution in [-0.2, 0) is 7.05 Å². The molecule has 1 aromatic rings. The molecule has 0 saturated heterocycles. The molecule has 1 aromatic heterocycles. The number of carbonyl (C=O) groups is 2. The summed E-state index contributed by atoms with van der Waals surface area (Å²) in [6, 6.07) is 3.08. The second-order valence-corrected chi connectivity index (χ2v) is 2.61. The molecule has 13 heavy (non-hydrogen) atoms. The van der Waals surface area contributed by atoms with E-state index in [1.807, 2.05) is 0 Å². The largest absolute Gasteiger partial charge is 0.365 e. The monoisotopic (exact) mass is 180 g/mol. The van der Waals surface area contributed by atoms with Crippen LogP contribution in [-0.4, -0.2) is 11.8 Å². The Morgan fingerprint density at radius 2 is 1.92 bits per heavy atom. The Morgan fingerprint density at radius 1 is 1.31 bits per heavy atom. The average molecular weight is 180 g/mol. The molecule has 0 spiro atoms. The number of pyridine rings is 1. The molecule has 5 nitrogen and oxygen atoms in total. The maximum Gasteiger partial charge on any atom is 0.314 e. The van der Waals surface area contributed by atoms with Gasteiger partial charge in [-0.3, -0.25) is 9.59 Å². The van der Waals surface area contributed by atoms with Gasteiger partial charge in [-0.25, -0.2) is 0 Å². The molecule has 0 atom stereocenters. The van der Waals surface area contributed by atoms with E-state index >= 15 is 0 Å². The van der Waals surface area contributed by atoms with Crippen LogP contribution in [0.5, 0.6) is 0 Å². The first-order valence-electron chi connectivity index (χ1n) is 3.62. The topological polar surface area (TPSA) is 90.1 Å². The highest BCUT2D eigenvalue weighted by atomic mass is 16.2. The molecule has 1 rings (SSSR count). The van der Waals surface area contributed by atoms with Gasteiger partial charge in [0, 0.05) is 6.07 Å². The number of aromatic nitrogens is 1. The normalized spacial score (nSPS) is 9.62. The number of aryl methyl sites for hydroxylation is 1. The van der Waals surface area contributed by atoms with Crippen molar-refractivity contribution in [2.75, 3.05) is 0 Å². The van der Waals surface area contributed by atoms with Crippen LogP contribution in [0.1, 0.15) is 20.8 Å². The molecule has 1 heterocycles. The van der Waals surface area contributed by atoms with E-state index in [1.54, 1.807) is 19.3 Å². The Bertz CT molecular complexity index is 374. The van der Waals surface area contributed by atoms with Crippen molar-refractivity contribution in [1.29, 1.82) is 0 Å². The molecule has 0 aliphatic heterocycles. The van der Waals surface area contributed by atoms with Gasteiger partial charge < -0.3 is 11.5 Å². The molecule has 0 aromatic carbocycles. The molecule has 2 amide bonds. The zero-order chi connectivity index (χ0) is 10.0. The van der Waals surface area contributed by atoms with Gasteiger partial charge in [-0.15, -0.1) is 0 Å². The summed E-state index contributed by atoms with van der Waals surface area (Å²) in [5.41, 5.74) is 10.4. The van der Waals surface area contributed by atoms with E-state index in [4.69, 9.17) is 11.5 Å². The van der Waals surface area contributed by atoms with Crippen molar-refractivity contribution in [2.45, 2.75) is 0 Å². The Hall–Kier alpha value is -1.91. The molecule has 0 unspecified atom stereocenters. The molecule has 0 aliphatic rings. The highest BCUT2D eigenvalue weighted by molar-refractivity contribution is 6.03. The van der Waals surface area contributed by atoms with Crippen molar-refractivity contribution in [1.82, 2.24) is 0 Å². The Labute approximate surface area is 75.0 Å². The van der Waals surface area contributed by atoms with Crippen LogP contribution in [0.2, 0.25) is 0 Å². The van der Waals surface area contributed by atoms with Gasteiger partial charge in [0.2, 0.25) is 0 Å². The lowest BCUT2D eigenvalue weighted by Crippen LogP contribution is -2.41. The van der Waals surface area contributed by atoms with E-state index in [0.29, 0.717) is 0 Å². The Kier molecular flexibility index (Phi) is 2.27. The van der Waals surface area contributed by atoms with Crippen molar-refractivity contribution in [2.24, 2.45) is 18.5 Å². The fraction of sp³-hybridized carbons (Fsp3) is 0.125. The van der Waals surface area contributed by atoms with Crippen molar-refractivity contribution < 1.29 is 14.2 Å². The van der Waals surface area contributed by atoms with Crippen LogP contribution in [0.4, 0.5) is 0 Å². The lowest BCUT2D eigenvalue weighted by molar-refractivity contribution is -0.673. The highest BCUT2D eigenvalue weighted by Gasteiger charge is 2.21. The van der Waals surface area contributed by atoms with E-state index < -0.39 is 11.8 Å². The first-order valence-corrected chi connectivity index (χ1v) is 3.62. The molecule has 0 aliphatic carbocycles. The second-order valence-electron chi connectivity index (χ2n) is 2.61. The standard InChI is InChI=1S/C8H9N3O2/c1-11-4-2-3-5(7(9)12)6(11)8(10)13/h2-4H,1H3,(H3-,9,10,12,13)/p+1. The number of amides is 2. The molecule has 0 bridgehead atoms. The molecular weight excluding hydrogens is 170 g/mol. The molecule has 0 radical (unpaired) electrons. The minimum Gasteiger partial charge on any atom is -0.365 e. The maximum atomic E-state index is 10.9. The quantitative estimate of drug-likeness (QED) is 0.554. The van der Waals surface area contributed by atoms with Gasteiger partial charge in [0.05, 0.1) is 0 Å². The van der Waals surface area contributed by atoms with Gasteiger partial charge in [-0.1, -0.05) is 0 Å². The van der Waals surface area contributed by atoms with Crippen molar-refractivity contribution in [3.63, 3.8) is 0 Å². The van der Waals surface area contributed by atoms with E-state index in [2.05, 4.69) is 0 Å². The number of nitrogens with zero attached hydrogens (tertiary/aromatic N) is 1. The van der Waals surface area contributed by atoms with Gasteiger partial charge in [0.25, 0.3) is 11.6 Å². The van der Waals surface area contributed by atoms with E-state index in [0.717, 1.165) is 0 Å². The zero-order valence-corrected chi connectivity index (χ0v) is 7.15. The third-order valence-corrected chi connectivity index (χ3v) is 1.68. The van der Waals surface area contributed by atoms with Crippen LogP contribution in [0, 0.1) is 0 Å². The van der Waals surface area contributed by atoms with Crippen LogP contribution in [0.15, 0.2) is 18.3 Å². The second kappa shape index (κ2) is 3.22. The first-order chi connectivity index (χ1) is 6.04. The van der Waals surface area contributed by atoms with Crippen molar-refractivity contribution in [3.05, 3.63) is 29.6 Å². The van der Waals surface area contributed by atoms with E-state index in [9.17, 15) is 9.59 Å². The molecule has 0 fully saturated rings. The average Bonchev–Trinajstić information content (AvgIpc) is 2.02. The number of hydrogen-bond acceptors (Lipinski definition) is 2. The lowest BCUT2D eigenvalue weighted by Gasteiger charge is -1.99. The molecule has 5 heteroatoms. The van der Waals surface area contributed by atoms with Crippen molar-refractivity contribution >= 4 is 11.8 Å². The van der Waals surface area contributed by atoms with E-state index in [1.165, 1.54) is 10.6 Å². The van der Waals surface area contributed by atoms with Crippen LogP contribution in [0.3, 0.4) is 0 Å². The number of carbonyl (C=O) groups excluding carboxylic acids is 2. The maximum absolute atomic E-state index is 10.9. The van der Waals surface area contributed by atoms with Gasteiger partial charge in [0.1, 0.15) is 12.6 Å². The van der Waals surface area contributed by atoms with Gasteiger partial charge >= 0.3 is 5.91 Å². The minimum absolute atomic E-state index is 0.120. The molecule has 68 valence electrons. The summed E-state index contributed by atoms with van der Waals surface area (Å²) in [6.45, 7) is 0. The summed E-state index contributed by atoms with van der Waals surface area (Å²) >= 11 is 0. The summed E-state index contributed by atoms with van der Waals surface area (Å²) < 4.78 is 1.46. The summed E-state index contributed by atoms with van der Waals surface area (Å²) in [5.74, 6) is -1.33. The number of nitrogens with two attached hydrogens (primary N) is 2. The van der Waals surface area contributed by atoms with Gasteiger partial charge in [0.15, 0.2) is 6.20 Å². The molecule has 4 N–H and O–H groups in total. The SMILES string of the molecule is C[n+]1cccc(C(N)=O)c1C(N)=O. The van der Waals surface area contributed by atoms with Crippen LogP contribution >= 0.6 is 0 Å². The zero-order valence-electron chi connectivity index (χ0n) is 7.15. The Balaban J connectivity index is 3.43. The number of hydrogen-bond donors (Lipinski definition) is 2. The summed E-state index contributed by atoms with van der Waals surface area (Å²) in [4.78, 5) is 21.8. The van der Waals surface area contributed by atoms with Crippen LogP contribution in [0.25, 0.3) is 0 Å². The third kappa shape index (κ3) is 1.64. The fourth-order valence-electron chi connectivity index (χ4n) is 1.12. The predicted octanol–water partition coefficient (Wildman–Crippen LogP) is -1.29. The van der Waals surface area contributed by atoms with Crippen LogP contribution < -0.4 is 16.0 Å². The lowest BCUT2D eigenvalue weighted by atomic mass is 10.1. The van der Waals surface area contributed by atoms with E-state index in [-0.39, 0.29) is 11.3 Å². The van der Waals surface area contributed by atoms with Crippen molar-refractivity contribution in [3.8, 4) is 0 Å². The number of primary amides is 2.